The monoisotopic (exact) mass is 268 g/mol. The normalized spacial score (nSPS) is 13.7. The van der Waals surface area contributed by atoms with Crippen molar-refractivity contribution >= 4 is 5.91 Å². The molecule has 0 radical (unpaired) electrons. The summed E-state index contributed by atoms with van der Waals surface area (Å²) in [4.78, 5) is 12.7. The molecule has 1 amide bonds. The predicted octanol–water partition coefficient (Wildman–Crippen LogP) is 2.42. The number of rotatable bonds is 8. The standard InChI is InChI=1S/C12H23F3N2O/c1-4-6-10(2)11(18)16-7-5-8-17(3)9-12(13,14)15/h10H,4-9H2,1-3H3,(H,16,18). The van der Waals surface area contributed by atoms with E-state index < -0.39 is 12.7 Å². The van der Waals surface area contributed by atoms with Crippen LogP contribution in [-0.2, 0) is 4.79 Å². The Bertz CT molecular complexity index is 244. The molecule has 0 bridgehead atoms. The lowest BCUT2D eigenvalue weighted by molar-refractivity contribution is -0.143. The van der Waals surface area contributed by atoms with Crippen LogP contribution in [0, 0.1) is 5.92 Å². The minimum absolute atomic E-state index is 0.0182. The maximum Gasteiger partial charge on any atom is 0.401 e. The summed E-state index contributed by atoms with van der Waals surface area (Å²) in [5.74, 6) is -0.0433. The van der Waals surface area contributed by atoms with E-state index in [1.165, 1.54) is 11.9 Å². The lowest BCUT2D eigenvalue weighted by Gasteiger charge is -2.18. The zero-order valence-corrected chi connectivity index (χ0v) is 11.3. The first-order chi connectivity index (χ1) is 8.26. The number of carbonyl (C=O) groups excluding carboxylic acids is 1. The highest BCUT2D eigenvalue weighted by atomic mass is 19.4. The van der Waals surface area contributed by atoms with E-state index in [4.69, 9.17) is 0 Å². The summed E-state index contributed by atoms with van der Waals surface area (Å²) in [7, 11) is 1.43. The van der Waals surface area contributed by atoms with E-state index in [0.717, 1.165) is 12.8 Å². The molecule has 1 unspecified atom stereocenters. The second-order valence-corrected chi connectivity index (χ2v) is 4.69. The maximum absolute atomic E-state index is 12.0. The molecule has 0 aromatic heterocycles. The lowest BCUT2D eigenvalue weighted by atomic mass is 10.1. The van der Waals surface area contributed by atoms with Gasteiger partial charge in [-0.1, -0.05) is 20.3 Å². The number of carbonyl (C=O) groups is 1. The van der Waals surface area contributed by atoms with E-state index in [2.05, 4.69) is 5.32 Å². The van der Waals surface area contributed by atoms with E-state index in [0.29, 0.717) is 19.5 Å². The first-order valence-corrected chi connectivity index (χ1v) is 6.29. The molecular formula is C12H23F3N2O. The third-order valence-corrected chi connectivity index (χ3v) is 2.63. The van der Waals surface area contributed by atoms with Crippen LogP contribution in [0.4, 0.5) is 13.2 Å². The molecule has 0 fully saturated rings. The summed E-state index contributed by atoms with van der Waals surface area (Å²) in [6.45, 7) is 3.70. The lowest BCUT2D eigenvalue weighted by Crippen LogP contribution is -2.35. The number of hydrogen-bond acceptors (Lipinski definition) is 2. The van der Waals surface area contributed by atoms with E-state index in [9.17, 15) is 18.0 Å². The second-order valence-electron chi connectivity index (χ2n) is 4.69. The third-order valence-electron chi connectivity index (χ3n) is 2.63. The SMILES string of the molecule is CCCC(C)C(=O)NCCCN(C)CC(F)(F)F. The minimum atomic E-state index is -4.16. The van der Waals surface area contributed by atoms with Crippen molar-refractivity contribution in [1.82, 2.24) is 10.2 Å². The van der Waals surface area contributed by atoms with Crippen molar-refractivity contribution in [2.75, 3.05) is 26.7 Å². The quantitative estimate of drug-likeness (QED) is 0.686. The fourth-order valence-corrected chi connectivity index (χ4v) is 1.68. The van der Waals surface area contributed by atoms with Gasteiger partial charge >= 0.3 is 6.18 Å². The third kappa shape index (κ3) is 9.27. The summed E-state index contributed by atoms with van der Waals surface area (Å²) in [5.41, 5.74) is 0. The summed E-state index contributed by atoms with van der Waals surface area (Å²) < 4.78 is 36.1. The van der Waals surface area contributed by atoms with Crippen LogP contribution in [0.25, 0.3) is 0 Å². The first kappa shape index (κ1) is 17.2. The summed E-state index contributed by atoms with van der Waals surface area (Å²) in [6.07, 6.45) is -1.85. The summed E-state index contributed by atoms with van der Waals surface area (Å²) >= 11 is 0. The summed E-state index contributed by atoms with van der Waals surface area (Å²) in [5, 5.41) is 2.74. The molecule has 0 aliphatic heterocycles. The molecule has 1 N–H and O–H groups in total. The molecule has 1 atom stereocenters. The number of halogens is 3. The largest absolute Gasteiger partial charge is 0.401 e. The van der Waals surface area contributed by atoms with E-state index in [1.54, 1.807) is 0 Å². The van der Waals surface area contributed by atoms with Gasteiger partial charge in [-0.05, 0) is 26.4 Å². The highest BCUT2D eigenvalue weighted by molar-refractivity contribution is 5.78. The van der Waals surface area contributed by atoms with Crippen molar-refractivity contribution < 1.29 is 18.0 Å². The van der Waals surface area contributed by atoms with Gasteiger partial charge in [-0.3, -0.25) is 9.69 Å². The molecule has 0 saturated heterocycles. The maximum atomic E-state index is 12.0. The van der Waals surface area contributed by atoms with Crippen LogP contribution < -0.4 is 5.32 Å². The number of nitrogens with zero attached hydrogens (tertiary/aromatic N) is 1. The average molecular weight is 268 g/mol. The molecular weight excluding hydrogens is 245 g/mol. The zero-order chi connectivity index (χ0) is 14.2. The van der Waals surface area contributed by atoms with Gasteiger partial charge in [0.15, 0.2) is 0 Å². The van der Waals surface area contributed by atoms with Crippen LogP contribution in [0.5, 0.6) is 0 Å². The van der Waals surface area contributed by atoms with Gasteiger partial charge in [0.25, 0.3) is 0 Å². The van der Waals surface area contributed by atoms with Gasteiger partial charge in [-0.2, -0.15) is 13.2 Å². The van der Waals surface area contributed by atoms with Crippen LogP contribution in [0.2, 0.25) is 0 Å². The Morgan fingerprint density at radius 1 is 1.39 bits per heavy atom. The molecule has 0 spiro atoms. The van der Waals surface area contributed by atoms with E-state index in [1.807, 2.05) is 13.8 Å². The molecule has 0 aliphatic carbocycles. The van der Waals surface area contributed by atoms with Gasteiger partial charge in [0.05, 0.1) is 6.54 Å². The Kier molecular flexibility index (Phi) is 7.98. The minimum Gasteiger partial charge on any atom is -0.356 e. The Balaban J connectivity index is 3.64. The van der Waals surface area contributed by atoms with Crippen molar-refractivity contribution in [2.24, 2.45) is 5.92 Å². The highest BCUT2D eigenvalue weighted by Gasteiger charge is 2.28. The molecule has 0 aromatic carbocycles. The fourth-order valence-electron chi connectivity index (χ4n) is 1.68. The smallest absolute Gasteiger partial charge is 0.356 e. The van der Waals surface area contributed by atoms with Gasteiger partial charge in [-0.25, -0.2) is 0 Å². The number of hydrogen-bond donors (Lipinski definition) is 1. The molecule has 18 heavy (non-hydrogen) atoms. The predicted molar refractivity (Wildman–Crippen MR) is 65.3 cm³/mol. The molecule has 0 aromatic rings. The Labute approximate surface area is 107 Å². The average Bonchev–Trinajstić information content (AvgIpc) is 2.21. The molecule has 0 aliphatic rings. The molecule has 6 heteroatoms. The Morgan fingerprint density at radius 2 is 2.00 bits per heavy atom. The van der Waals surface area contributed by atoms with E-state index >= 15 is 0 Å². The van der Waals surface area contributed by atoms with Crippen LogP contribution in [0.3, 0.4) is 0 Å². The summed E-state index contributed by atoms with van der Waals surface area (Å²) in [6, 6.07) is 0. The second kappa shape index (κ2) is 8.34. The number of nitrogens with one attached hydrogen (secondary N) is 1. The van der Waals surface area contributed by atoms with Crippen molar-refractivity contribution in [3.05, 3.63) is 0 Å². The van der Waals surface area contributed by atoms with Gasteiger partial charge in [-0.15, -0.1) is 0 Å². The topological polar surface area (TPSA) is 32.3 Å². The highest BCUT2D eigenvalue weighted by Crippen LogP contribution is 2.15. The van der Waals surface area contributed by atoms with Crippen LogP contribution in [-0.4, -0.2) is 43.7 Å². The van der Waals surface area contributed by atoms with Gasteiger partial charge in [0.2, 0.25) is 5.91 Å². The van der Waals surface area contributed by atoms with Crippen LogP contribution >= 0.6 is 0 Å². The molecule has 3 nitrogen and oxygen atoms in total. The first-order valence-electron chi connectivity index (χ1n) is 6.29. The zero-order valence-electron chi connectivity index (χ0n) is 11.3. The van der Waals surface area contributed by atoms with Crippen molar-refractivity contribution in [2.45, 2.75) is 39.3 Å². The van der Waals surface area contributed by atoms with Crippen molar-refractivity contribution in [1.29, 1.82) is 0 Å². The van der Waals surface area contributed by atoms with Crippen LogP contribution in [0.1, 0.15) is 33.1 Å². The number of amides is 1. The van der Waals surface area contributed by atoms with Gasteiger partial charge in [0, 0.05) is 12.5 Å². The van der Waals surface area contributed by atoms with Crippen molar-refractivity contribution in [3.8, 4) is 0 Å². The van der Waals surface area contributed by atoms with Crippen LogP contribution in [0.15, 0.2) is 0 Å². The molecule has 0 rings (SSSR count). The molecule has 0 heterocycles. The Morgan fingerprint density at radius 3 is 2.50 bits per heavy atom. The fraction of sp³-hybridized carbons (Fsp3) is 0.917. The van der Waals surface area contributed by atoms with E-state index in [-0.39, 0.29) is 11.8 Å². The molecule has 0 saturated carbocycles. The van der Waals surface area contributed by atoms with Gasteiger partial charge < -0.3 is 5.32 Å². The van der Waals surface area contributed by atoms with Crippen molar-refractivity contribution in [3.63, 3.8) is 0 Å². The molecule has 108 valence electrons. The Hall–Kier alpha value is -0.780. The number of alkyl halides is 3. The van der Waals surface area contributed by atoms with Gasteiger partial charge in [0.1, 0.15) is 0 Å².